The minimum absolute atomic E-state index is 0.241. The van der Waals surface area contributed by atoms with Gasteiger partial charge >= 0.3 is 0 Å². The van der Waals surface area contributed by atoms with Crippen LogP contribution in [0.4, 0.5) is 4.79 Å². The molecule has 1 aliphatic rings. The van der Waals surface area contributed by atoms with Crippen molar-refractivity contribution in [2.75, 3.05) is 12.0 Å². The third-order valence-corrected chi connectivity index (χ3v) is 6.24. The van der Waals surface area contributed by atoms with Crippen molar-refractivity contribution in [3.63, 3.8) is 0 Å². The lowest BCUT2D eigenvalue weighted by molar-refractivity contribution is 0.276. The molecule has 1 saturated carbocycles. The van der Waals surface area contributed by atoms with E-state index in [9.17, 15) is 4.79 Å². The Kier molecular flexibility index (Phi) is 8.17. The largest absolute Gasteiger partial charge is 0.274 e. The highest BCUT2D eigenvalue weighted by Crippen LogP contribution is 2.32. The molecule has 120 valence electrons. The standard InChI is InChI=1S/C19H26OS2/c1-21-19(20)22-15-18(17-12-6-3-7-13-17)14-8-11-16-9-4-2-5-10-16/h2,4-5,9-10,14,17H,3,6-8,11-13,15H2,1H3/b18-14-. The molecule has 0 radical (unpaired) electrons. The SMILES string of the molecule is CSC(=O)SC/C(=C/CCc1ccccc1)C1CCCCC1. The third kappa shape index (κ3) is 6.21. The van der Waals surface area contributed by atoms with Crippen LogP contribution in [0, 0.1) is 5.92 Å². The Morgan fingerprint density at radius 1 is 1.18 bits per heavy atom. The van der Waals surface area contributed by atoms with Crippen molar-refractivity contribution in [1.29, 1.82) is 0 Å². The number of hydrogen-bond acceptors (Lipinski definition) is 3. The Bertz CT molecular complexity index is 475. The maximum Gasteiger partial charge on any atom is 0.246 e. The number of hydrogen-bond donors (Lipinski definition) is 0. The van der Waals surface area contributed by atoms with Gasteiger partial charge in [-0.05, 0) is 43.4 Å². The second kappa shape index (κ2) is 10.2. The van der Waals surface area contributed by atoms with Gasteiger partial charge in [0.15, 0.2) is 0 Å². The molecule has 0 unspecified atom stereocenters. The first-order valence-corrected chi connectivity index (χ1v) is 10.4. The van der Waals surface area contributed by atoms with Crippen molar-refractivity contribution in [3.8, 4) is 0 Å². The quantitative estimate of drug-likeness (QED) is 0.565. The number of benzene rings is 1. The Morgan fingerprint density at radius 2 is 1.91 bits per heavy atom. The first kappa shape index (κ1) is 17.7. The summed E-state index contributed by atoms with van der Waals surface area (Å²) in [5, 5.41) is 0. The topological polar surface area (TPSA) is 17.1 Å². The molecular formula is C19H26OS2. The van der Waals surface area contributed by atoms with E-state index in [1.54, 1.807) is 0 Å². The minimum atomic E-state index is 0.241. The number of rotatable bonds is 6. The van der Waals surface area contributed by atoms with E-state index in [2.05, 4.69) is 36.4 Å². The fourth-order valence-corrected chi connectivity index (χ4v) is 4.37. The summed E-state index contributed by atoms with van der Waals surface area (Å²) >= 11 is 2.81. The molecule has 2 rings (SSSR count). The molecule has 0 aromatic heterocycles. The number of thioether (sulfide) groups is 2. The molecular weight excluding hydrogens is 308 g/mol. The molecule has 0 N–H and O–H groups in total. The summed E-state index contributed by atoms with van der Waals surface area (Å²) in [6.45, 7) is 0. The van der Waals surface area contributed by atoms with Gasteiger partial charge in [-0.1, -0.05) is 84.8 Å². The Hall–Kier alpha value is -0.670. The lowest BCUT2D eigenvalue weighted by atomic mass is 9.84. The van der Waals surface area contributed by atoms with Gasteiger partial charge < -0.3 is 0 Å². The van der Waals surface area contributed by atoms with Crippen LogP contribution in [0.5, 0.6) is 0 Å². The van der Waals surface area contributed by atoms with Gasteiger partial charge in [-0.2, -0.15) is 0 Å². The monoisotopic (exact) mass is 334 g/mol. The maximum absolute atomic E-state index is 11.6. The van der Waals surface area contributed by atoms with Gasteiger partial charge in [0.2, 0.25) is 4.45 Å². The predicted molar refractivity (Wildman–Crippen MR) is 101 cm³/mol. The molecule has 0 aliphatic heterocycles. The van der Waals surface area contributed by atoms with Crippen LogP contribution < -0.4 is 0 Å². The normalized spacial score (nSPS) is 16.7. The third-order valence-electron chi connectivity index (χ3n) is 4.34. The molecule has 1 nitrogen and oxygen atoms in total. The van der Waals surface area contributed by atoms with Crippen molar-refractivity contribution in [3.05, 3.63) is 47.5 Å². The summed E-state index contributed by atoms with van der Waals surface area (Å²) in [4.78, 5) is 11.6. The average Bonchev–Trinajstić information content (AvgIpc) is 2.59. The summed E-state index contributed by atoms with van der Waals surface area (Å²) in [5.41, 5.74) is 2.91. The lowest BCUT2D eigenvalue weighted by Crippen LogP contribution is -2.11. The number of carbonyl (C=O) groups is 1. The van der Waals surface area contributed by atoms with Crippen LogP contribution >= 0.6 is 23.5 Å². The van der Waals surface area contributed by atoms with Crippen molar-refractivity contribution in [2.24, 2.45) is 5.92 Å². The van der Waals surface area contributed by atoms with Crippen molar-refractivity contribution < 1.29 is 4.79 Å². The van der Waals surface area contributed by atoms with E-state index >= 15 is 0 Å². The summed E-state index contributed by atoms with van der Waals surface area (Å²) < 4.78 is 0.241. The lowest BCUT2D eigenvalue weighted by Gasteiger charge is -2.24. The van der Waals surface area contributed by atoms with E-state index in [0.717, 1.165) is 18.6 Å². The molecule has 0 spiro atoms. The Labute approximate surface area is 143 Å². The second-order valence-electron chi connectivity index (χ2n) is 5.88. The van der Waals surface area contributed by atoms with Crippen LogP contribution in [0.25, 0.3) is 0 Å². The van der Waals surface area contributed by atoms with E-state index < -0.39 is 0 Å². The molecule has 1 aromatic carbocycles. The van der Waals surface area contributed by atoms with Crippen LogP contribution in [0.3, 0.4) is 0 Å². The zero-order chi connectivity index (χ0) is 15.6. The van der Waals surface area contributed by atoms with E-state index in [1.165, 1.54) is 66.8 Å². The highest BCUT2D eigenvalue weighted by Gasteiger charge is 2.18. The summed E-state index contributed by atoms with van der Waals surface area (Å²) in [5.74, 6) is 1.60. The van der Waals surface area contributed by atoms with Crippen molar-refractivity contribution in [2.45, 2.75) is 44.9 Å². The summed E-state index contributed by atoms with van der Waals surface area (Å²) in [6.07, 6.45) is 13.2. The van der Waals surface area contributed by atoms with E-state index in [0.29, 0.717) is 5.92 Å². The van der Waals surface area contributed by atoms with Crippen LogP contribution in [0.1, 0.15) is 44.1 Å². The zero-order valence-electron chi connectivity index (χ0n) is 13.4. The summed E-state index contributed by atoms with van der Waals surface area (Å²) in [7, 11) is 0. The van der Waals surface area contributed by atoms with Crippen LogP contribution in [-0.2, 0) is 6.42 Å². The smallest absolute Gasteiger partial charge is 0.246 e. The highest BCUT2D eigenvalue weighted by molar-refractivity contribution is 8.38. The van der Waals surface area contributed by atoms with E-state index in [4.69, 9.17) is 0 Å². The van der Waals surface area contributed by atoms with Crippen LogP contribution in [-0.4, -0.2) is 16.5 Å². The van der Waals surface area contributed by atoms with E-state index in [-0.39, 0.29) is 4.45 Å². The zero-order valence-corrected chi connectivity index (χ0v) is 15.1. The molecule has 0 bridgehead atoms. The first-order chi connectivity index (χ1) is 10.8. The Morgan fingerprint density at radius 3 is 2.59 bits per heavy atom. The highest BCUT2D eigenvalue weighted by atomic mass is 32.2. The van der Waals surface area contributed by atoms with Gasteiger partial charge in [0.05, 0.1) is 0 Å². The number of carbonyl (C=O) groups excluding carboxylic acids is 1. The molecule has 0 amide bonds. The molecule has 0 saturated heterocycles. The molecule has 1 aromatic rings. The van der Waals surface area contributed by atoms with Crippen LogP contribution in [0.2, 0.25) is 0 Å². The molecule has 0 atom stereocenters. The van der Waals surface area contributed by atoms with Gasteiger partial charge in [0.25, 0.3) is 0 Å². The van der Waals surface area contributed by atoms with Crippen LogP contribution in [0.15, 0.2) is 42.0 Å². The molecule has 1 aliphatic carbocycles. The van der Waals surface area contributed by atoms with Gasteiger partial charge in [-0.15, -0.1) is 0 Å². The van der Waals surface area contributed by atoms with Gasteiger partial charge in [0.1, 0.15) is 0 Å². The molecule has 1 fully saturated rings. The van der Waals surface area contributed by atoms with Gasteiger partial charge in [-0.3, -0.25) is 4.79 Å². The molecule has 3 heteroatoms. The van der Waals surface area contributed by atoms with Crippen molar-refractivity contribution >= 4 is 28.0 Å². The predicted octanol–water partition coefficient (Wildman–Crippen LogP) is 6.34. The van der Waals surface area contributed by atoms with Crippen molar-refractivity contribution in [1.82, 2.24) is 0 Å². The molecule has 0 heterocycles. The first-order valence-electron chi connectivity index (χ1n) is 8.23. The fraction of sp³-hybridized carbons (Fsp3) is 0.526. The molecule has 22 heavy (non-hydrogen) atoms. The van der Waals surface area contributed by atoms with Gasteiger partial charge in [0, 0.05) is 5.75 Å². The number of aryl methyl sites for hydroxylation is 1. The van der Waals surface area contributed by atoms with Gasteiger partial charge in [-0.25, -0.2) is 0 Å². The number of allylic oxidation sites excluding steroid dienone is 1. The second-order valence-corrected chi connectivity index (χ2v) is 7.87. The fourth-order valence-electron chi connectivity index (χ4n) is 3.09. The Balaban J connectivity index is 1.92. The summed E-state index contributed by atoms with van der Waals surface area (Å²) in [6, 6.07) is 10.7. The van der Waals surface area contributed by atoms with E-state index in [1.807, 2.05) is 6.26 Å². The average molecular weight is 335 g/mol. The maximum atomic E-state index is 11.6. The minimum Gasteiger partial charge on any atom is -0.274 e.